The fourth-order valence-electron chi connectivity index (χ4n) is 3.75. The molecule has 13 heteroatoms. The van der Waals surface area contributed by atoms with E-state index in [1.807, 2.05) is 0 Å². The topological polar surface area (TPSA) is 158 Å². The van der Waals surface area contributed by atoms with E-state index in [4.69, 9.17) is 14.2 Å². The Bertz CT molecular complexity index is 1600. The Balaban J connectivity index is 1.46. The van der Waals surface area contributed by atoms with Crippen molar-refractivity contribution in [3.8, 4) is 17.2 Å². The lowest BCUT2D eigenvalue weighted by atomic mass is 10.1. The fourth-order valence-corrected chi connectivity index (χ4v) is 4.52. The molecule has 1 aromatic heterocycles. The Labute approximate surface area is 244 Å². The van der Waals surface area contributed by atoms with Crippen LogP contribution in [0.5, 0.6) is 17.2 Å². The van der Waals surface area contributed by atoms with E-state index in [1.54, 1.807) is 53.9 Å². The molecule has 216 valence electrons. The minimum atomic E-state index is -0.653. The molecule has 0 radical (unpaired) electrons. The number of benzene rings is 3. The number of nitrogens with zero attached hydrogens (tertiary/aromatic N) is 1. The summed E-state index contributed by atoms with van der Waals surface area (Å²) in [6, 6.07) is 18.1. The maximum atomic E-state index is 13.3. The predicted molar refractivity (Wildman–Crippen MR) is 157 cm³/mol. The lowest BCUT2D eigenvalue weighted by Crippen LogP contribution is -2.27. The number of para-hydroxylation sites is 1. The van der Waals surface area contributed by atoms with E-state index in [0.717, 1.165) is 6.07 Å². The molecule has 0 aliphatic heterocycles. The molecule has 3 N–H and O–H groups in total. The molecule has 4 rings (SSSR count). The van der Waals surface area contributed by atoms with Gasteiger partial charge in [0.05, 0.1) is 47.4 Å². The number of anilines is 2. The van der Waals surface area contributed by atoms with Crippen LogP contribution in [0.2, 0.25) is 0 Å². The molecule has 0 aliphatic rings. The second-order valence-corrected chi connectivity index (χ2v) is 9.49. The van der Waals surface area contributed by atoms with Crippen LogP contribution in [0.25, 0.3) is 0 Å². The standard InChI is InChI=1S/C29H26N4O8S/c1-39-20-10-7-18(8-11-20)31-27(34)22-12-9-19(33(37)38)15-24(22)32-28(35)23-5-3-4-6-25(23)41-14-13-30-29(36)26-16-21(40-2)17-42-26/h3-12,15-17H,13-14H2,1-2H3,(H,30,36)(H,31,34)(H,32,35). The van der Waals surface area contributed by atoms with Gasteiger partial charge in [-0.15, -0.1) is 11.3 Å². The molecule has 0 aliphatic carbocycles. The van der Waals surface area contributed by atoms with Gasteiger partial charge < -0.3 is 30.2 Å². The molecular weight excluding hydrogens is 564 g/mol. The smallest absolute Gasteiger partial charge is 0.271 e. The predicted octanol–water partition coefficient (Wildman–Crippen LogP) is 4.99. The van der Waals surface area contributed by atoms with Gasteiger partial charge in [0.1, 0.15) is 23.9 Å². The second kappa shape index (κ2) is 13.8. The highest BCUT2D eigenvalue weighted by Crippen LogP contribution is 2.27. The van der Waals surface area contributed by atoms with Crippen LogP contribution >= 0.6 is 11.3 Å². The monoisotopic (exact) mass is 590 g/mol. The summed E-state index contributed by atoms with van der Waals surface area (Å²) in [5.74, 6) is -0.122. The number of ether oxygens (including phenoxy) is 3. The van der Waals surface area contributed by atoms with E-state index >= 15 is 0 Å². The number of amides is 3. The molecule has 0 spiro atoms. The molecule has 3 amide bonds. The summed E-state index contributed by atoms with van der Waals surface area (Å²) < 4.78 is 16.0. The van der Waals surface area contributed by atoms with Gasteiger partial charge in [-0.3, -0.25) is 24.5 Å². The largest absolute Gasteiger partial charge is 0.497 e. The zero-order valence-corrected chi connectivity index (χ0v) is 23.4. The molecule has 0 bridgehead atoms. The quantitative estimate of drug-likeness (QED) is 0.118. The van der Waals surface area contributed by atoms with Crippen molar-refractivity contribution in [2.75, 3.05) is 38.0 Å². The average molecular weight is 591 g/mol. The van der Waals surface area contributed by atoms with Crippen molar-refractivity contribution in [1.82, 2.24) is 5.32 Å². The van der Waals surface area contributed by atoms with Gasteiger partial charge in [0.25, 0.3) is 23.4 Å². The first-order valence-electron chi connectivity index (χ1n) is 12.5. The van der Waals surface area contributed by atoms with Crippen LogP contribution in [0.4, 0.5) is 17.1 Å². The van der Waals surface area contributed by atoms with E-state index in [0.29, 0.717) is 22.1 Å². The van der Waals surface area contributed by atoms with Gasteiger partial charge in [-0.2, -0.15) is 0 Å². The number of rotatable bonds is 12. The number of hydrogen-bond donors (Lipinski definition) is 3. The van der Waals surface area contributed by atoms with Gasteiger partial charge in [-0.1, -0.05) is 12.1 Å². The first kappa shape index (κ1) is 29.6. The highest BCUT2D eigenvalue weighted by atomic mass is 32.1. The summed E-state index contributed by atoms with van der Waals surface area (Å²) in [5, 5.41) is 21.2. The van der Waals surface area contributed by atoms with Crippen LogP contribution in [-0.2, 0) is 0 Å². The van der Waals surface area contributed by atoms with Crippen molar-refractivity contribution in [2.24, 2.45) is 0 Å². The summed E-state index contributed by atoms with van der Waals surface area (Å²) >= 11 is 1.24. The zero-order valence-electron chi connectivity index (χ0n) is 22.5. The zero-order chi connectivity index (χ0) is 30.1. The summed E-state index contributed by atoms with van der Waals surface area (Å²) in [5.41, 5.74) is 0.222. The molecule has 0 atom stereocenters. The number of nitro groups is 1. The maximum Gasteiger partial charge on any atom is 0.271 e. The molecule has 1 heterocycles. The van der Waals surface area contributed by atoms with Gasteiger partial charge in [0.15, 0.2) is 0 Å². The molecule has 42 heavy (non-hydrogen) atoms. The van der Waals surface area contributed by atoms with Crippen molar-refractivity contribution < 1.29 is 33.5 Å². The summed E-state index contributed by atoms with van der Waals surface area (Å²) in [6.45, 7) is 0.223. The molecule has 3 aromatic carbocycles. The second-order valence-electron chi connectivity index (χ2n) is 8.58. The number of nitro benzene ring substituents is 1. The van der Waals surface area contributed by atoms with Crippen LogP contribution in [0.15, 0.2) is 78.2 Å². The Morgan fingerprint density at radius 3 is 2.24 bits per heavy atom. The summed E-state index contributed by atoms with van der Waals surface area (Å²) in [6.07, 6.45) is 0. The van der Waals surface area contributed by atoms with Crippen molar-refractivity contribution in [3.63, 3.8) is 0 Å². The van der Waals surface area contributed by atoms with Gasteiger partial charge in [-0.05, 0) is 42.5 Å². The van der Waals surface area contributed by atoms with E-state index < -0.39 is 16.7 Å². The van der Waals surface area contributed by atoms with Crippen LogP contribution in [0.3, 0.4) is 0 Å². The van der Waals surface area contributed by atoms with E-state index in [1.165, 1.54) is 43.8 Å². The number of methoxy groups -OCH3 is 2. The molecule has 12 nitrogen and oxygen atoms in total. The normalized spacial score (nSPS) is 10.3. The van der Waals surface area contributed by atoms with Gasteiger partial charge in [0, 0.05) is 29.3 Å². The molecular formula is C29H26N4O8S. The minimum absolute atomic E-state index is 0.0103. The van der Waals surface area contributed by atoms with E-state index in [9.17, 15) is 24.5 Å². The van der Waals surface area contributed by atoms with Gasteiger partial charge in [-0.25, -0.2) is 0 Å². The highest BCUT2D eigenvalue weighted by Gasteiger charge is 2.20. The molecule has 0 fully saturated rings. The SMILES string of the molecule is COc1ccc(NC(=O)c2ccc([N+](=O)[O-])cc2NC(=O)c2ccccc2OCCNC(=O)c2cc(OC)cs2)cc1. The lowest BCUT2D eigenvalue weighted by Gasteiger charge is -2.14. The Morgan fingerprint density at radius 2 is 1.55 bits per heavy atom. The number of non-ortho nitro benzene ring substituents is 1. The summed E-state index contributed by atoms with van der Waals surface area (Å²) in [4.78, 5) is 50.0. The molecule has 4 aromatic rings. The van der Waals surface area contributed by atoms with Crippen LogP contribution < -0.4 is 30.2 Å². The third-order valence-electron chi connectivity index (χ3n) is 5.87. The van der Waals surface area contributed by atoms with Crippen molar-refractivity contribution in [2.45, 2.75) is 0 Å². The molecule has 0 saturated heterocycles. The van der Waals surface area contributed by atoms with E-state index in [2.05, 4.69) is 16.0 Å². The average Bonchev–Trinajstić information content (AvgIpc) is 3.49. The minimum Gasteiger partial charge on any atom is -0.497 e. The summed E-state index contributed by atoms with van der Waals surface area (Å²) in [7, 11) is 3.03. The Kier molecular flexibility index (Phi) is 9.69. The van der Waals surface area contributed by atoms with Crippen LogP contribution in [-0.4, -0.2) is 50.0 Å². The number of carbonyl (C=O) groups is 3. The van der Waals surface area contributed by atoms with Crippen molar-refractivity contribution in [3.05, 3.63) is 104 Å². The third-order valence-corrected chi connectivity index (χ3v) is 6.77. The van der Waals surface area contributed by atoms with Gasteiger partial charge in [0.2, 0.25) is 0 Å². The maximum absolute atomic E-state index is 13.3. The lowest BCUT2D eigenvalue weighted by molar-refractivity contribution is -0.384. The number of nitrogens with one attached hydrogen (secondary N) is 3. The highest BCUT2D eigenvalue weighted by molar-refractivity contribution is 7.12. The Morgan fingerprint density at radius 1 is 0.833 bits per heavy atom. The fraction of sp³-hybridized carbons (Fsp3) is 0.138. The molecule has 0 unspecified atom stereocenters. The number of carbonyl (C=O) groups excluding carboxylic acids is 3. The first-order valence-corrected chi connectivity index (χ1v) is 13.3. The van der Waals surface area contributed by atoms with Crippen molar-refractivity contribution >= 4 is 46.1 Å². The van der Waals surface area contributed by atoms with E-state index in [-0.39, 0.29) is 47.3 Å². The Hall–Kier alpha value is -5.43. The number of hydrogen-bond acceptors (Lipinski definition) is 9. The van der Waals surface area contributed by atoms with Crippen LogP contribution in [0.1, 0.15) is 30.4 Å². The van der Waals surface area contributed by atoms with Gasteiger partial charge >= 0.3 is 0 Å². The molecule has 0 saturated carbocycles. The first-order chi connectivity index (χ1) is 20.3. The van der Waals surface area contributed by atoms with Crippen molar-refractivity contribution in [1.29, 1.82) is 0 Å². The third kappa shape index (κ3) is 7.40. The number of thiophene rings is 1. The van der Waals surface area contributed by atoms with Crippen LogP contribution in [0, 0.1) is 10.1 Å².